The van der Waals surface area contributed by atoms with Gasteiger partial charge in [-0.2, -0.15) is 21.6 Å². The van der Waals surface area contributed by atoms with E-state index in [-0.39, 0.29) is 17.4 Å². The fourth-order valence-electron chi connectivity index (χ4n) is 1.14. The van der Waals surface area contributed by atoms with Gasteiger partial charge < -0.3 is 0 Å². The van der Waals surface area contributed by atoms with Crippen LogP contribution in [0.1, 0.15) is 12.5 Å². The molecule has 0 amide bonds. The van der Waals surface area contributed by atoms with Crippen molar-refractivity contribution in [1.29, 1.82) is 0 Å². The minimum absolute atomic E-state index is 0.104. The summed E-state index contributed by atoms with van der Waals surface area (Å²) in [6.45, 7) is 5.07. The van der Waals surface area contributed by atoms with Gasteiger partial charge in [0, 0.05) is 0 Å². The van der Waals surface area contributed by atoms with E-state index in [1.54, 1.807) is 6.92 Å². The summed E-state index contributed by atoms with van der Waals surface area (Å²) in [5, 5.41) is 0. The van der Waals surface area contributed by atoms with Crippen LogP contribution in [0, 0.1) is 5.92 Å². The van der Waals surface area contributed by atoms with E-state index in [4.69, 9.17) is 4.18 Å². The molecule has 0 fully saturated rings. The summed E-state index contributed by atoms with van der Waals surface area (Å²) >= 11 is 0. The lowest BCUT2D eigenvalue weighted by atomic mass is 10.2. The minimum Gasteiger partial charge on any atom is -0.266 e. The monoisotopic (exact) mass is 294 g/mol. The third-order valence-electron chi connectivity index (χ3n) is 2.36. The summed E-state index contributed by atoms with van der Waals surface area (Å²) in [6, 6.07) is 3.15. The van der Waals surface area contributed by atoms with Gasteiger partial charge in [-0.3, -0.25) is 4.18 Å². The first-order valence-corrected chi connectivity index (χ1v) is 6.77. The highest BCUT2D eigenvalue weighted by atomic mass is 32.2. The normalized spacial score (nSPS) is 14.1. The molecule has 0 spiro atoms. The highest BCUT2D eigenvalue weighted by Gasteiger charge is 2.30. The van der Waals surface area contributed by atoms with Crippen molar-refractivity contribution in [3.05, 3.63) is 42.5 Å². The van der Waals surface area contributed by atoms with E-state index in [0.29, 0.717) is 12.1 Å². The summed E-state index contributed by atoms with van der Waals surface area (Å²) in [6.07, 6.45) is -2.98. The van der Waals surface area contributed by atoms with Crippen molar-refractivity contribution in [3.63, 3.8) is 0 Å². The molecule has 0 saturated carbocycles. The SMILES string of the molecule is C=CC(C)COS(=O)(=O)c1ccc(C(F)(F)F)cc1. The Balaban J connectivity index is 2.88. The second kappa shape index (κ2) is 5.75. The molecule has 0 aliphatic carbocycles. The van der Waals surface area contributed by atoms with Crippen LogP contribution in [0.5, 0.6) is 0 Å². The molecule has 7 heteroatoms. The lowest BCUT2D eigenvalue weighted by Crippen LogP contribution is -2.12. The van der Waals surface area contributed by atoms with Gasteiger partial charge >= 0.3 is 6.18 Å². The smallest absolute Gasteiger partial charge is 0.266 e. The van der Waals surface area contributed by atoms with Crippen molar-refractivity contribution < 1.29 is 25.8 Å². The van der Waals surface area contributed by atoms with E-state index >= 15 is 0 Å². The van der Waals surface area contributed by atoms with Crippen LogP contribution in [0.4, 0.5) is 13.2 Å². The van der Waals surface area contributed by atoms with Gasteiger partial charge in [-0.25, -0.2) is 0 Å². The second-order valence-corrected chi connectivity index (χ2v) is 5.59. The fraction of sp³-hybridized carbons (Fsp3) is 0.333. The number of hydrogen-bond donors (Lipinski definition) is 0. The minimum atomic E-state index is -4.50. The molecule has 19 heavy (non-hydrogen) atoms. The number of halogens is 3. The Kier molecular flexibility index (Phi) is 4.75. The summed E-state index contributed by atoms with van der Waals surface area (Å²) in [5.41, 5.74) is -0.911. The molecule has 0 aromatic heterocycles. The maximum absolute atomic E-state index is 12.3. The predicted molar refractivity (Wildman–Crippen MR) is 63.9 cm³/mol. The molecular weight excluding hydrogens is 281 g/mol. The van der Waals surface area contributed by atoms with Gasteiger partial charge in [0.05, 0.1) is 17.1 Å². The van der Waals surface area contributed by atoms with Gasteiger partial charge in [-0.1, -0.05) is 13.0 Å². The Labute approximate surface area is 109 Å². The van der Waals surface area contributed by atoms with Gasteiger partial charge in [0.1, 0.15) is 0 Å². The Hall–Kier alpha value is -1.34. The molecule has 0 bridgehead atoms. The maximum Gasteiger partial charge on any atom is 0.416 e. The van der Waals surface area contributed by atoms with Crippen molar-refractivity contribution in [3.8, 4) is 0 Å². The van der Waals surface area contributed by atoms with Gasteiger partial charge in [-0.05, 0) is 30.2 Å². The number of alkyl halides is 3. The van der Waals surface area contributed by atoms with E-state index in [2.05, 4.69) is 6.58 Å². The van der Waals surface area contributed by atoms with Crippen molar-refractivity contribution in [2.24, 2.45) is 5.92 Å². The van der Waals surface area contributed by atoms with Crippen LogP contribution < -0.4 is 0 Å². The molecule has 0 aliphatic heterocycles. The van der Waals surface area contributed by atoms with Crippen LogP contribution >= 0.6 is 0 Å². The molecule has 106 valence electrons. The van der Waals surface area contributed by atoms with Gasteiger partial charge in [0.2, 0.25) is 0 Å². The quantitative estimate of drug-likeness (QED) is 0.618. The van der Waals surface area contributed by atoms with Crippen molar-refractivity contribution >= 4 is 10.1 Å². The van der Waals surface area contributed by atoms with E-state index < -0.39 is 21.9 Å². The summed E-state index contributed by atoms with van der Waals surface area (Å²) < 4.78 is 65.0. The average molecular weight is 294 g/mol. The zero-order chi connectivity index (χ0) is 14.7. The molecule has 0 saturated heterocycles. The van der Waals surface area contributed by atoms with Crippen LogP contribution in [0.25, 0.3) is 0 Å². The number of benzene rings is 1. The van der Waals surface area contributed by atoms with Crippen molar-refractivity contribution in [2.75, 3.05) is 6.61 Å². The number of hydrogen-bond acceptors (Lipinski definition) is 3. The summed E-state index contributed by atoms with van der Waals surface area (Å²) in [5.74, 6) is -0.177. The van der Waals surface area contributed by atoms with E-state index in [1.807, 2.05) is 0 Å². The largest absolute Gasteiger partial charge is 0.416 e. The van der Waals surface area contributed by atoms with Crippen molar-refractivity contribution in [1.82, 2.24) is 0 Å². The Morgan fingerprint density at radius 2 is 1.84 bits per heavy atom. The molecule has 1 unspecified atom stereocenters. The third-order valence-corrected chi connectivity index (χ3v) is 3.65. The van der Waals surface area contributed by atoms with Gasteiger partial charge in [0.25, 0.3) is 10.1 Å². The first kappa shape index (κ1) is 15.7. The van der Waals surface area contributed by atoms with Crippen molar-refractivity contribution in [2.45, 2.75) is 18.0 Å². The second-order valence-electron chi connectivity index (χ2n) is 3.97. The maximum atomic E-state index is 12.3. The Morgan fingerprint density at radius 1 is 1.32 bits per heavy atom. The highest BCUT2D eigenvalue weighted by molar-refractivity contribution is 7.86. The molecule has 1 aromatic carbocycles. The standard InChI is InChI=1S/C12H13F3O3S/c1-3-9(2)8-18-19(16,17)11-6-4-10(5-7-11)12(13,14)15/h3-7,9H,1,8H2,2H3. The summed E-state index contributed by atoms with van der Waals surface area (Å²) in [4.78, 5) is -0.309. The lowest BCUT2D eigenvalue weighted by molar-refractivity contribution is -0.137. The van der Waals surface area contributed by atoms with E-state index in [0.717, 1.165) is 12.1 Å². The van der Waals surface area contributed by atoms with Crippen LogP contribution in [0.3, 0.4) is 0 Å². The van der Waals surface area contributed by atoms with Crippen LogP contribution in [-0.4, -0.2) is 15.0 Å². The topological polar surface area (TPSA) is 43.4 Å². The molecule has 1 rings (SSSR count). The molecule has 1 aromatic rings. The van der Waals surface area contributed by atoms with Gasteiger partial charge in [-0.15, -0.1) is 6.58 Å². The molecule has 3 nitrogen and oxygen atoms in total. The lowest BCUT2D eigenvalue weighted by Gasteiger charge is -2.10. The Bertz CT molecular complexity index is 532. The number of rotatable bonds is 5. The zero-order valence-corrected chi connectivity index (χ0v) is 11.0. The molecule has 1 atom stereocenters. The van der Waals surface area contributed by atoms with Gasteiger partial charge in [0.15, 0.2) is 0 Å². The summed E-state index contributed by atoms with van der Waals surface area (Å²) in [7, 11) is -4.04. The predicted octanol–water partition coefficient (Wildman–Crippen LogP) is 3.23. The molecule has 0 N–H and O–H groups in total. The molecule has 0 aliphatic rings. The third kappa shape index (κ3) is 4.36. The highest BCUT2D eigenvalue weighted by Crippen LogP contribution is 2.29. The Morgan fingerprint density at radius 3 is 2.26 bits per heavy atom. The molecule has 0 heterocycles. The van der Waals surface area contributed by atoms with Crippen LogP contribution in [-0.2, 0) is 20.5 Å². The van der Waals surface area contributed by atoms with E-state index in [9.17, 15) is 21.6 Å². The average Bonchev–Trinajstić information content (AvgIpc) is 2.35. The van der Waals surface area contributed by atoms with Crippen LogP contribution in [0.15, 0.2) is 41.8 Å². The first-order chi connectivity index (χ1) is 8.66. The zero-order valence-electron chi connectivity index (χ0n) is 10.1. The first-order valence-electron chi connectivity index (χ1n) is 5.36. The van der Waals surface area contributed by atoms with Crippen LogP contribution in [0.2, 0.25) is 0 Å². The fourth-order valence-corrected chi connectivity index (χ4v) is 2.14. The molecular formula is C12H13F3O3S. The van der Waals surface area contributed by atoms with E-state index in [1.165, 1.54) is 6.08 Å². The molecule has 0 radical (unpaired) electrons.